The Labute approximate surface area is 114 Å². The molecule has 1 unspecified atom stereocenters. The third kappa shape index (κ3) is 2.89. The van der Waals surface area contributed by atoms with E-state index in [1.54, 1.807) is 13.1 Å². The van der Waals surface area contributed by atoms with Crippen molar-refractivity contribution in [3.05, 3.63) is 29.3 Å². The van der Waals surface area contributed by atoms with Crippen molar-refractivity contribution in [2.45, 2.75) is 32.2 Å². The van der Waals surface area contributed by atoms with Gasteiger partial charge in [0, 0.05) is 13.1 Å². The van der Waals surface area contributed by atoms with Crippen LogP contribution in [-0.4, -0.2) is 36.1 Å². The van der Waals surface area contributed by atoms with Crippen molar-refractivity contribution in [2.24, 2.45) is 0 Å². The average Bonchev–Trinajstić information content (AvgIpc) is 2.83. The number of nitrogens with zero attached hydrogens (tertiary/aromatic N) is 1. The van der Waals surface area contributed by atoms with E-state index in [0.717, 1.165) is 31.4 Å². The lowest BCUT2D eigenvalue weighted by molar-refractivity contribution is -0.122. The summed E-state index contributed by atoms with van der Waals surface area (Å²) in [4.78, 5) is 13.8. The lowest BCUT2D eigenvalue weighted by Crippen LogP contribution is -2.38. The number of aromatic hydroxyl groups is 1. The summed E-state index contributed by atoms with van der Waals surface area (Å²) in [5.74, 6) is 0.429. The van der Waals surface area contributed by atoms with Gasteiger partial charge in [0.2, 0.25) is 5.91 Å². The first-order chi connectivity index (χ1) is 9.17. The molecule has 1 amide bonds. The second kappa shape index (κ2) is 6.06. The van der Waals surface area contributed by atoms with E-state index in [1.807, 2.05) is 6.07 Å². The van der Waals surface area contributed by atoms with Crippen molar-refractivity contribution >= 4 is 5.91 Å². The Morgan fingerprint density at radius 1 is 1.53 bits per heavy atom. The Kier molecular flexibility index (Phi) is 4.43. The molecule has 0 saturated carbocycles. The molecular formula is C15H22N2O2. The van der Waals surface area contributed by atoms with Gasteiger partial charge < -0.3 is 10.4 Å². The highest BCUT2D eigenvalue weighted by atomic mass is 16.3. The van der Waals surface area contributed by atoms with Gasteiger partial charge in [-0.1, -0.05) is 19.1 Å². The molecule has 1 atom stereocenters. The van der Waals surface area contributed by atoms with E-state index in [0.29, 0.717) is 12.3 Å². The summed E-state index contributed by atoms with van der Waals surface area (Å²) in [5, 5.41) is 12.6. The molecule has 2 rings (SSSR count). The fourth-order valence-electron chi connectivity index (χ4n) is 2.89. The zero-order valence-corrected chi connectivity index (χ0v) is 11.6. The molecule has 0 aliphatic heterocycles. The van der Waals surface area contributed by atoms with E-state index in [2.05, 4.69) is 23.2 Å². The molecule has 0 saturated heterocycles. The largest absolute Gasteiger partial charge is 0.508 e. The Morgan fingerprint density at radius 3 is 3.00 bits per heavy atom. The van der Waals surface area contributed by atoms with Gasteiger partial charge in [-0.05, 0) is 43.0 Å². The van der Waals surface area contributed by atoms with Crippen molar-refractivity contribution in [3.8, 4) is 5.75 Å². The molecule has 104 valence electrons. The van der Waals surface area contributed by atoms with Gasteiger partial charge in [-0.3, -0.25) is 9.69 Å². The van der Waals surface area contributed by atoms with Crippen molar-refractivity contribution in [2.75, 3.05) is 20.1 Å². The Hall–Kier alpha value is -1.55. The molecule has 4 nitrogen and oxygen atoms in total. The zero-order chi connectivity index (χ0) is 13.8. The predicted octanol–water partition coefficient (Wildman–Crippen LogP) is 1.84. The summed E-state index contributed by atoms with van der Waals surface area (Å²) >= 11 is 0. The number of phenols is 1. The monoisotopic (exact) mass is 262 g/mol. The van der Waals surface area contributed by atoms with Crippen molar-refractivity contribution in [1.29, 1.82) is 0 Å². The summed E-state index contributed by atoms with van der Waals surface area (Å²) in [6, 6.07) is 5.94. The molecule has 0 spiro atoms. The maximum Gasteiger partial charge on any atom is 0.233 e. The summed E-state index contributed by atoms with van der Waals surface area (Å²) in [6.45, 7) is 3.44. The van der Waals surface area contributed by atoms with E-state index in [4.69, 9.17) is 0 Å². The van der Waals surface area contributed by atoms with Crippen LogP contribution >= 0.6 is 0 Å². The van der Waals surface area contributed by atoms with Gasteiger partial charge in [0.05, 0.1) is 6.54 Å². The number of rotatable bonds is 5. The number of hydrogen-bond acceptors (Lipinski definition) is 3. The molecule has 19 heavy (non-hydrogen) atoms. The third-order valence-electron chi connectivity index (χ3n) is 3.79. The number of fused-ring (bicyclic) bond motifs is 1. The third-order valence-corrected chi connectivity index (χ3v) is 3.79. The minimum atomic E-state index is 0.0436. The number of benzene rings is 1. The summed E-state index contributed by atoms with van der Waals surface area (Å²) in [7, 11) is 1.67. The fraction of sp³-hybridized carbons (Fsp3) is 0.533. The molecule has 1 aromatic carbocycles. The Morgan fingerprint density at radius 2 is 2.32 bits per heavy atom. The predicted molar refractivity (Wildman–Crippen MR) is 75.1 cm³/mol. The molecule has 1 aliphatic carbocycles. The number of hydrogen-bond donors (Lipinski definition) is 2. The molecule has 0 bridgehead atoms. The highest BCUT2D eigenvalue weighted by molar-refractivity contribution is 5.77. The number of carbonyl (C=O) groups is 1. The van der Waals surface area contributed by atoms with Crippen LogP contribution in [0.4, 0.5) is 0 Å². The molecule has 1 aliphatic rings. The SMILES string of the molecule is CCCN(CC(=O)NC)C1CCc2c(O)cccc21. The number of nitrogens with one attached hydrogen (secondary N) is 1. The second-order valence-corrected chi connectivity index (χ2v) is 5.04. The normalized spacial score (nSPS) is 17.5. The van der Waals surface area contributed by atoms with Gasteiger partial charge in [0.25, 0.3) is 0 Å². The van der Waals surface area contributed by atoms with Gasteiger partial charge in [-0.25, -0.2) is 0 Å². The summed E-state index contributed by atoms with van der Waals surface area (Å²) in [5.41, 5.74) is 2.22. The van der Waals surface area contributed by atoms with Gasteiger partial charge in [0.15, 0.2) is 0 Å². The van der Waals surface area contributed by atoms with Gasteiger partial charge in [-0.2, -0.15) is 0 Å². The lowest BCUT2D eigenvalue weighted by atomic mass is 10.1. The number of likely N-dealkylation sites (N-methyl/N-ethyl adjacent to an activating group) is 1. The fourth-order valence-corrected chi connectivity index (χ4v) is 2.89. The van der Waals surface area contributed by atoms with E-state index in [9.17, 15) is 9.90 Å². The first-order valence-corrected chi connectivity index (χ1v) is 6.92. The van der Waals surface area contributed by atoms with Crippen molar-refractivity contribution in [3.63, 3.8) is 0 Å². The molecule has 0 fully saturated rings. The lowest BCUT2D eigenvalue weighted by Gasteiger charge is -2.28. The second-order valence-electron chi connectivity index (χ2n) is 5.04. The van der Waals surface area contributed by atoms with Crippen LogP contribution < -0.4 is 5.32 Å². The van der Waals surface area contributed by atoms with Crippen LogP contribution in [0.1, 0.15) is 36.9 Å². The maximum atomic E-state index is 11.6. The molecule has 4 heteroatoms. The highest BCUT2D eigenvalue weighted by Gasteiger charge is 2.29. The molecule has 0 aromatic heterocycles. The number of phenolic OH excluding ortho intramolecular Hbond substituents is 1. The molecule has 0 heterocycles. The maximum absolute atomic E-state index is 11.6. The zero-order valence-electron chi connectivity index (χ0n) is 11.6. The first-order valence-electron chi connectivity index (χ1n) is 6.92. The van der Waals surface area contributed by atoms with Gasteiger partial charge >= 0.3 is 0 Å². The van der Waals surface area contributed by atoms with Crippen LogP contribution in [-0.2, 0) is 11.2 Å². The smallest absolute Gasteiger partial charge is 0.233 e. The van der Waals surface area contributed by atoms with E-state index >= 15 is 0 Å². The summed E-state index contributed by atoms with van der Waals surface area (Å²) < 4.78 is 0. The Bertz CT molecular complexity index is 459. The van der Waals surface area contributed by atoms with Gasteiger partial charge in [-0.15, -0.1) is 0 Å². The average molecular weight is 262 g/mol. The van der Waals surface area contributed by atoms with Crippen molar-refractivity contribution < 1.29 is 9.90 Å². The molecule has 2 N–H and O–H groups in total. The number of amides is 1. The van der Waals surface area contributed by atoms with Crippen LogP contribution in [0, 0.1) is 0 Å². The highest BCUT2D eigenvalue weighted by Crippen LogP contribution is 2.39. The van der Waals surface area contributed by atoms with Gasteiger partial charge in [0.1, 0.15) is 5.75 Å². The number of carbonyl (C=O) groups excluding carboxylic acids is 1. The Balaban J connectivity index is 2.21. The van der Waals surface area contributed by atoms with Crippen LogP contribution in [0.3, 0.4) is 0 Å². The summed E-state index contributed by atoms with van der Waals surface area (Å²) in [6.07, 6.45) is 2.88. The molecule has 0 radical (unpaired) electrons. The van der Waals surface area contributed by atoms with Crippen LogP contribution in [0.2, 0.25) is 0 Å². The topological polar surface area (TPSA) is 52.6 Å². The van der Waals surface area contributed by atoms with E-state index < -0.39 is 0 Å². The standard InChI is InChI=1S/C15H22N2O2/c1-3-9-17(10-15(19)16-2)13-8-7-12-11(13)5-4-6-14(12)18/h4-6,13,18H,3,7-10H2,1-2H3,(H,16,19). The molecule has 1 aromatic rings. The minimum absolute atomic E-state index is 0.0436. The molecular weight excluding hydrogens is 240 g/mol. The van der Waals surface area contributed by atoms with Crippen molar-refractivity contribution in [1.82, 2.24) is 10.2 Å². The first kappa shape index (κ1) is 13.9. The van der Waals surface area contributed by atoms with Crippen LogP contribution in [0.5, 0.6) is 5.75 Å². The van der Waals surface area contributed by atoms with E-state index in [-0.39, 0.29) is 11.9 Å². The van der Waals surface area contributed by atoms with E-state index in [1.165, 1.54) is 5.56 Å². The minimum Gasteiger partial charge on any atom is -0.508 e. The quantitative estimate of drug-likeness (QED) is 0.851. The van der Waals surface area contributed by atoms with Crippen LogP contribution in [0.15, 0.2) is 18.2 Å². The van der Waals surface area contributed by atoms with Crippen LogP contribution in [0.25, 0.3) is 0 Å².